The molecule has 0 spiro atoms. The highest BCUT2D eigenvalue weighted by atomic mass is 16.5. The molecule has 2 rings (SSSR count). The molecule has 0 bridgehead atoms. The Hall–Kier alpha value is -2.15. The molecule has 0 aliphatic heterocycles. The zero-order valence-corrected chi connectivity index (χ0v) is 19.7. The Bertz CT molecular complexity index is 846. The molecule has 7 heteroatoms. The van der Waals surface area contributed by atoms with Gasteiger partial charge in [-0.1, -0.05) is 34.1 Å². The van der Waals surface area contributed by atoms with Crippen LogP contribution in [-0.2, 0) is 28.9 Å². The van der Waals surface area contributed by atoms with E-state index in [9.17, 15) is 19.5 Å². The molecule has 1 fully saturated rings. The van der Waals surface area contributed by atoms with Crippen LogP contribution in [0.25, 0.3) is 0 Å². The Kier molecular flexibility index (Phi) is 8.46. The number of aromatic nitrogens is 1. The standard InChI is InChI=1S/C24H38N2O5/c1-6-8-19-17(7-2)15-18(22(30)26(19)13-14-31-5)21(29)25-24(16-20(27)28)11-9-23(3,4)10-12-24/h15H,6-14,16H2,1-5H3,(H,25,29)(H,27,28). The van der Waals surface area contributed by atoms with E-state index in [1.165, 1.54) is 0 Å². The van der Waals surface area contributed by atoms with Crippen molar-refractivity contribution in [2.75, 3.05) is 13.7 Å². The number of ether oxygens (including phenoxy) is 1. The second-order valence-corrected chi connectivity index (χ2v) is 9.55. The molecular weight excluding hydrogens is 396 g/mol. The second kappa shape index (κ2) is 10.4. The minimum atomic E-state index is -0.940. The predicted molar refractivity (Wildman–Crippen MR) is 121 cm³/mol. The lowest BCUT2D eigenvalue weighted by molar-refractivity contribution is -0.139. The molecule has 0 unspecified atom stereocenters. The van der Waals surface area contributed by atoms with E-state index in [1.807, 2.05) is 6.92 Å². The number of aryl methyl sites for hydroxylation is 1. The third-order valence-corrected chi connectivity index (χ3v) is 6.55. The Balaban J connectivity index is 2.44. The summed E-state index contributed by atoms with van der Waals surface area (Å²) in [5.41, 5.74) is 0.968. The van der Waals surface area contributed by atoms with Gasteiger partial charge in [-0.15, -0.1) is 0 Å². The van der Waals surface area contributed by atoms with Gasteiger partial charge in [-0.05, 0) is 55.6 Å². The number of nitrogens with one attached hydrogen (secondary N) is 1. The summed E-state index contributed by atoms with van der Waals surface area (Å²) in [5.74, 6) is -1.42. The van der Waals surface area contributed by atoms with Crippen LogP contribution in [0.3, 0.4) is 0 Å². The number of nitrogens with zero attached hydrogens (tertiary/aromatic N) is 1. The summed E-state index contributed by atoms with van der Waals surface area (Å²) in [6, 6.07) is 1.70. The SMILES string of the molecule is CCCc1c(CC)cc(C(=O)NC2(CC(=O)O)CCC(C)(C)CC2)c(=O)n1CCOC. The summed E-state index contributed by atoms with van der Waals surface area (Å²) in [6.07, 6.45) is 5.04. The highest BCUT2D eigenvalue weighted by molar-refractivity contribution is 5.95. The summed E-state index contributed by atoms with van der Waals surface area (Å²) >= 11 is 0. The normalized spacial score (nSPS) is 17.3. The van der Waals surface area contributed by atoms with Crippen LogP contribution < -0.4 is 10.9 Å². The molecule has 1 aromatic heterocycles. The Morgan fingerprint density at radius 1 is 1.19 bits per heavy atom. The van der Waals surface area contributed by atoms with Gasteiger partial charge in [0.15, 0.2) is 0 Å². The molecule has 1 aromatic rings. The number of hydrogen-bond acceptors (Lipinski definition) is 4. The summed E-state index contributed by atoms with van der Waals surface area (Å²) in [4.78, 5) is 38.2. The first-order valence-corrected chi connectivity index (χ1v) is 11.4. The monoisotopic (exact) mass is 434 g/mol. The number of rotatable bonds is 10. The minimum absolute atomic E-state index is 0.0856. The van der Waals surface area contributed by atoms with E-state index in [-0.39, 0.29) is 23.0 Å². The van der Waals surface area contributed by atoms with E-state index in [0.717, 1.165) is 36.9 Å². The largest absolute Gasteiger partial charge is 0.481 e. The minimum Gasteiger partial charge on any atom is -0.481 e. The topological polar surface area (TPSA) is 97.6 Å². The highest BCUT2D eigenvalue weighted by Gasteiger charge is 2.41. The molecule has 174 valence electrons. The molecule has 1 amide bonds. The number of carbonyl (C=O) groups excluding carboxylic acids is 1. The number of carboxylic acids is 1. The van der Waals surface area contributed by atoms with Gasteiger partial charge < -0.3 is 19.7 Å². The third kappa shape index (κ3) is 6.19. The van der Waals surface area contributed by atoms with Crippen molar-refractivity contribution >= 4 is 11.9 Å². The molecular formula is C24H38N2O5. The quantitative estimate of drug-likeness (QED) is 0.587. The van der Waals surface area contributed by atoms with Crippen LogP contribution in [-0.4, -0.2) is 40.8 Å². The number of pyridine rings is 1. The van der Waals surface area contributed by atoms with E-state index in [4.69, 9.17) is 4.74 Å². The van der Waals surface area contributed by atoms with Crippen molar-refractivity contribution in [2.24, 2.45) is 5.41 Å². The third-order valence-electron chi connectivity index (χ3n) is 6.55. The van der Waals surface area contributed by atoms with Gasteiger partial charge in [0.2, 0.25) is 0 Å². The first-order chi connectivity index (χ1) is 14.6. The smallest absolute Gasteiger partial charge is 0.305 e. The summed E-state index contributed by atoms with van der Waals surface area (Å²) < 4.78 is 6.84. The summed E-state index contributed by atoms with van der Waals surface area (Å²) in [7, 11) is 1.59. The average molecular weight is 435 g/mol. The highest BCUT2D eigenvalue weighted by Crippen LogP contribution is 2.41. The Morgan fingerprint density at radius 2 is 1.84 bits per heavy atom. The van der Waals surface area contributed by atoms with Gasteiger partial charge >= 0.3 is 5.97 Å². The van der Waals surface area contributed by atoms with Crippen LogP contribution >= 0.6 is 0 Å². The van der Waals surface area contributed by atoms with Gasteiger partial charge in [-0.3, -0.25) is 14.4 Å². The van der Waals surface area contributed by atoms with Crippen molar-refractivity contribution in [3.05, 3.63) is 33.2 Å². The summed E-state index contributed by atoms with van der Waals surface area (Å²) in [6.45, 7) is 9.15. The van der Waals surface area contributed by atoms with E-state index in [2.05, 4.69) is 26.1 Å². The van der Waals surface area contributed by atoms with Crippen LogP contribution in [0.1, 0.15) is 87.8 Å². The number of carbonyl (C=O) groups is 2. The lowest BCUT2D eigenvalue weighted by atomic mass is 9.68. The number of methoxy groups -OCH3 is 1. The predicted octanol–water partition coefficient (Wildman–Crippen LogP) is 3.55. The van der Waals surface area contributed by atoms with Gasteiger partial charge in [0.25, 0.3) is 11.5 Å². The molecule has 0 aromatic carbocycles. The summed E-state index contributed by atoms with van der Waals surface area (Å²) in [5, 5.41) is 12.5. The van der Waals surface area contributed by atoms with E-state index >= 15 is 0 Å². The molecule has 31 heavy (non-hydrogen) atoms. The maximum atomic E-state index is 13.3. The fourth-order valence-corrected chi connectivity index (χ4v) is 4.53. The first-order valence-electron chi connectivity index (χ1n) is 11.4. The van der Waals surface area contributed by atoms with Gasteiger partial charge in [0, 0.05) is 19.3 Å². The average Bonchev–Trinajstić information content (AvgIpc) is 2.70. The van der Waals surface area contributed by atoms with Gasteiger partial charge in [-0.2, -0.15) is 0 Å². The Morgan fingerprint density at radius 3 is 2.35 bits per heavy atom. The van der Waals surface area contributed by atoms with Crippen molar-refractivity contribution in [1.29, 1.82) is 0 Å². The molecule has 1 saturated carbocycles. The van der Waals surface area contributed by atoms with E-state index in [0.29, 0.717) is 32.4 Å². The Labute approximate surface area is 185 Å². The molecule has 1 aliphatic rings. The van der Waals surface area contributed by atoms with Crippen LogP contribution in [0.5, 0.6) is 0 Å². The van der Waals surface area contributed by atoms with Crippen LogP contribution in [0.4, 0.5) is 0 Å². The van der Waals surface area contributed by atoms with Gasteiger partial charge in [-0.25, -0.2) is 0 Å². The zero-order chi connectivity index (χ0) is 23.2. The first kappa shape index (κ1) is 25.1. The van der Waals surface area contributed by atoms with Crippen molar-refractivity contribution in [3.8, 4) is 0 Å². The lowest BCUT2D eigenvalue weighted by Crippen LogP contribution is -2.54. The van der Waals surface area contributed by atoms with Gasteiger partial charge in [0.05, 0.1) is 18.6 Å². The maximum absolute atomic E-state index is 13.3. The van der Waals surface area contributed by atoms with Crippen molar-refractivity contribution in [3.63, 3.8) is 0 Å². The zero-order valence-electron chi connectivity index (χ0n) is 19.7. The molecule has 1 heterocycles. The van der Waals surface area contributed by atoms with Gasteiger partial charge in [0.1, 0.15) is 5.56 Å². The van der Waals surface area contributed by atoms with Crippen molar-refractivity contribution in [1.82, 2.24) is 9.88 Å². The van der Waals surface area contributed by atoms with Crippen LogP contribution in [0.2, 0.25) is 0 Å². The number of carboxylic acid groups (broad SMARTS) is 1. The molecule has 1 aliphatic carbocycles. The van der Waals surface area contributed by atoms with E-state index in [1.54, 1.807) is 17.7 Å². The molecule has 2 N–H and O–H groups in total. The van der Waals surface area contributed by atoms with Crippen LogP contribution in [0, 0.1) is 5.41 Å². The van der Waals surface area contributed by atoms with Crippen molar-refractivity contribution < 1.29 is 19.4 Å². The van der Waals surface area contributed by atoms with E-state index < -0.39 is 17.4 Å². The number of hydrogen-bond donors (Lipinski definition) is 2. The molecule has 0 radical (unpaired) electrons. The van der Waals surface area contributed by atoms with Crippen molar-refractivity contribution in [2.45, 2.75) is 91.1 Å². The fourth-order valence-electron chi connectivity index (χ4n) is 4.53. The van der Waals surface area contributed by atoms with Crippen LogP contribution in [0.15, 0.2) is 10.9 Å². The molecule has 0 atom stereocenters. The lowest BCUT2D eigenvalue weighted by Gasteiger charge is -2.43. The number of aliphatic carboxylic acids is 1. The molecule has 7 nitrogen and oxygen atoms in total. The number of amides is 1. The maximum Gasteiger partial charge on any atom is 0.305 e. The fraction of sp³-hybridized carbons (Fsp3) is 0.708. The molecule has 0 saturated heterocycles. The second-order valence-electron chi connectivity index (χ2n) is 9.55.